The van der Waals surface area contributed by atoms with Crippen molar-refractivity contribution in [3.63, 3.8) is 0 Å². The van der Waals surface area contributed by atoms with Gasteiger partial charge in [-0.3, -0.25) is 4.79 Å². The lowest BCUT2D eigenvalue weighted by Gasteiger charge is -2.17. The Morgan fingerprint density at radius 3 is 2.21 bits per heavy atom. The van der Waals surface area contributed by atoms with Crippen LogP contribution < -0.4 is 11.1 Å². The number of amides is 1. The zero-order valence-electron chi connectivity index (χ0n) is 9.31. The Kier molecular flexibility index (Phi) is 6.21. The zero-order valence-corrected chi connectivity index (χ0v) is 9.31. The Bertz CT molecular complexity index is 359. The van der Waals surface area contributed by atoms with Crippen LogP contribution in [-0.4, -0.2) is 59.5 Å². The number of rotatable bonds is 6. The van der Waals surface area contributed by atoms with Crippen LogP contribution in [0.25, 0.3) is 0 Å². The molecule has 110 valence electrons. The largest absolute Gasteiger partial charge is 0.490 e. The van der Waals surface area contributed by atoms with Crippen LogP contribution in [0.2, 0.25) is 0 Å². The average Bonchev–Trinajstić information content (AvgIpc) is 2.30. The number of alkyl halides is 3. The van der Waals surface area contributed by atoms with Crippen molar-refractivity contribution in [1.29, 1.82) is 0 Å². The summed E-state index contributed by atoms with van der Waals surface area (Å²) in [6, 6.07) is -3.35. The highest BCUT2D eigenvalue weighted by Gasteiger charge is 2.41. The molecular weight excluding hydrogens is 277 g/mol. The van der Waals surface area contributed by atoms with E-state index in [-0.39, 0.29) is 0 Å². The number of carboxylic acid groups (broad SMARTS) is 1. The molecule has 0 saturated heterocycles. The number of nitrogens with two attached hydrogens (primary N) is 1. The molecule has 0 radical (unpaired) electrons. The van der Waals surface area contributed by atoms with Crippen molar-refractivity contribution in [2.75, 3.05) is 13.2 Å². The van der Waals surface area contributed by atoms with Gasteiger partial charge in [0.2, 0.25) is 5.91 Å². The summed E-state index contributed by atoms with van der Waals surface area (Å²) in [5.74, 6) is -5.43. The maximum atomic E-state index is 11.8. The summed E-state index contributed by atoms with van der Waals surface area (Å²) < 4.78 is 39.0. The molecule has 8 nitrogen and oxygen atoms in total. The molecule has 0 aromatic carbocycles. The van der Waals surface area contributed by atoms with Crippen LogP contribution in [-0.2, 0) is 19.1 Å². The van der Waals surface area contributed by atoms with E-state index >= 15 is 0 Å². The van der Waals surface area contributed by atoms with E-state index in [1.165, 1.54) is 0 Å². The molecule has 0 aromatic rings. The molecule has 2 atom stereocenters. The number of aliphatic hydroxyl groups excluding tert-OH is 1. The van der Waals surface area contributed by atoms with Crippen LogP contribution in [0.3, 0.4) is 0 Å². The Balaban J connectivity index is 4.49. The van der Waals surface area contributed by atoms with Crippen molar-refractivity contribution in [2.24, 2.45) is 5.73 Å². The first-order chi connectivity index (χ1) is 8.59. The number of ether oxygens (including phenoxy) is 1. The summed E-state index contributed by atoms with van der Waals surface area (Å²) in [6.45, 7) is -2.02. The van der Waals surface area contributed by atoms with E-state index in [0.29, 0.717) is 0 Å². The molecule has 0 fully saturated rings. The van der Waals surface area contributed by atoms with E-state index in [1.54, 1.807) is 5.32 Å². The summed E-state index contributed by atoms with van der Waals surface area (Å²) in [7, 11) is 0. The van der Waals surface area contributed by atoms with Gasteiger partial charge in [-0.1, -0.05) is 0 Å². The van der Waals surface area contributed by atoms with Crippen molar-refractivity contribution in [3.05, 3.63) is 0 Å². The molecule has 0 aliphatic rings. The van der Waals surface area contributed by atoms with E-state index in [1.807, 2.05) is 0 Å². The number of hydrogen-bond donors (Lipinski definition) is 4. The second-order valence-corrected chi connectivity index (χ2v) is 3.28. The molecule has 0 spiro atoms. The third-order valence-electron chi connectivity index (χ3n) is 1.76. The second-order valence-electron chi connectivity index (χ2n) is 3.28. The van der Waals surface area contributed by atoms with Gasteiger partial charge in [-0.2, -0.15) is 13.2 Å². The number of hydrogen-bond acceptors (Lipinski definition) is 6. The van der Waals surface area contributed by atoms with Crippen molar-refractivity contribution in [2.45, 2.75) is 18.3 Å². The fourth-order valence-electron chi connectivity index (χ4n) is 0.777. The van der Waals surface area contributed by atoms with Gasteiger partial charge in [-0.05, 0) is 0 Å². The van der Waals surface area contributed by atoms with Gasteiger partial charge >= 0.3 is 18.1 Å². The van der Waals surface area contributed by atoms with Crippen LogP contribution in [0.1, 0.15) is 0 Å². The highest BCUT2D eigenvalue weighted by Crippen LogP contribution is 2.16. The molecule has 5 N–H and O–H groups in total. The second kappa shape index (κ2) is 6.89. The molecule has 0 rings (SSSR count). The summed E-state index contributed by atoms with van der Waals surface area (Å²) >= 11 is 0. The predicted molar refractivity (Wildman–Crippen MR) is 51.6 cm³/mol. The highest BCUT2D eigenvalue weighted by atomic mass is 19.4. The first kappa shape index (κ1) is 17.1. The number of aliphatic carboxylic acids is 1. The number of halogens is 3. The normalized spacial score (nSPS) is 14.4. The van der Waals surface area contributed by atoms with Crippen molar-refractivity contribution < 1.29 is 42.5 Å². The minimum atomic E-state index is -5.27. The van der Waals surface area contributed by atoms with E-state index < -0.39 is 49.3 Å². The Morgan fingerprint density at radius 1 is 1.32 bits per heavy atom. The number of carbonyl (C=O) groups excluding carboxylic acids is 2. The molecule has 0 aromatic heterocycles. The smallest absolute Gasteiger partial charge is 0.480 e. The molecule has 0 unspecified atom stereocenters. The third kappa shape index (κ3) is 6.01. The minimum absolute atomic E-state index is 0.791. The first-order valence-electron chi connectivity index (χ1n) is 4.73. The molecule has 1 amide bonds. The van der Waals surface area contributed by atoms with Crippen LogP contribution in [0, 0.1) is 0 Å². The lowest BCUT2D eigenvalue weighted by molar-refractivity contribution is -0.200. The maximum absolute atomic E-state index is 11.8. The van der Waals surface area contributed by atoms with Gasteiger partial charge in [0.15, 0.2) is 6.04 Å². The molecule has 0 heterocycles. The van der Waals surface area contributed by atoms with E-state index in [2.05, 4.69) is 4.74 Å². The van der Waals surface area contributed by atoms with Crippen LogP contribution >= 0.6 is 0 Å². The maximum Gasteiger partial charge on any atom is 0.490 e. The van der Waals surface area contributed by atoms with Crippen molar-refractivity contribution in [1.82, 2.24) is 5.32 Å². The van der Waals surface area contributed by atoms with Crippen molar-refractivity contribution >= 4 is 17.8 Å². The Labute approximate surface area is 104 Å². The standard InChI is InChI=1S/C8H11F3N2O6/c9-8(10,11)7(18)19-2-4(6(16)17)13-5(15)3(12)1-14/h3-4,14H,1-2,12H2,(H,13,15)(H,16,17)/t3-,4-/m0/s1. The van der Waals surface area contributed by atoms with Crippen molar-refractivity contribution in [3.8, 4) is 0 Å². The molecule has 19 heavy (non-hydrogen) atoms. The SMILES string of the molecule is N[C@@H](CO)C(=O)N[C@@H](COC(=O)C(F)(F)F)C(=O)O. The highest BCUT2D eigenvalue weighted by molar-refractivity contribution is 5.87. The molecule has 11 heteroatoms. The lowest BCUT2D eigenvalue weighted by atomic mass is 10.2. The van der Waals surface area contributed by atoms with Gasteiger partial charge in [0, 0.05) is 0 Å². The summed E-state index contributed by atoms with van der Waals surface area (Å²) in [5, 5.41) is 18.8. The van der Waals surface area contributed by atoms with Gasteiger partial charge in [0.25, 0.3) is 0 Å². The van der Waals surface area contributed by atoms with Gasteiger partial charge < -0.3 is 26.0 Å². The number of esters is 1. The first-order valence-corrected chi connectivity index (χ1v) is 4.73. The molecule has 0 bridgehead atoms. The summed E-state index contributed by atoms with van der Waals surface area (Å²) in [6.07, 6.45) is -5.27. The van der Waals surface area contributed by atoms with E-state index in [4.69, 9.17) is 15.9 Å². The monoisotopic (exact) mass is 288 g/mol. The quantitative estimate of drug-likeness (QED) is 0.414. The minimum Gasteiger partial charge on any atom is -0.480 e. The summed E-state index contributed by atoms with van der Waals surface area (Å²) in [4.78, 5) is 32.1. The Hall–Kier alpha value is -1.88. The molecule has 0 saturated carbocycles. The Morgan fingerprint density at radius 2 is 1.84 bits per heavy atom. The molecular formula is C8H11F3N2O6. The average molecular weight is 288 g/mol. The summed E-state index contributed by atoms with van der Waals surface area (Å²) in [5.41, 5.74) is 5.05. The topological polar surface area (TPSA) is 139 Å². The predicted octanol–water partition coefficient (Wildman–Crippen LogP) is -2.02. The van der Waals surface area contributed by atoms with Gasteiger partial charge in [0.05, 0.1) is 6.61 Å². The number of nitrogens with one attached hydrogen (secondary N) is 1. The van der Waals surface area contributed by atoms with Gasteiger partial charge in [-0.25, -0.2) is 9.59 Å². The van der Waals surface area contributed by atoms with E-state index in [0.717, 1.165) is 0 Å². The van der Waals surface area contributed by atoms with Crippen LogP contribution in [0.4, 0.5) is 13.2 Å². The van der Waals surface area contributed by atoms with Gasteiger partial charge in [0.1, 0.15) is 12.6 Å². The van der Waals surface area contributed by atoms with E-state index in [9.17, 15) is 27.6 Å². The number of carbonyl (C=O) groups is 3. The third-order valence-corrected chi connectivity index (χ3v) is 1.76. The fraction of sp³-hybridized carbons (Fsp3) is 0.625. The molecule has 0 aliphatic carbocycles. The fourth-order valence-corrected chi connectivity index (χ4v) is 0.777. The van der Waals surface area contributed by atoms with Crippen LogP contribution in [0.15, 0.2) is 0 Å². The molecule has 0 aliphatic heterocycles. The number of aliphatic hydroxyl groups is 1. The zero-order chi connectivity index (χ0) is 15.2. The lowest BCUT2D eigenvalue weighted by Crippen LogP contribution is -2.52. The van der Waals surface area contributed by atoms with Gasteiger partial charge in [-0.15, -0.1) is 0 Å². The van der Waals surface area contributed by atoms with Crippen LogP contribution in [0.5, 0.6) is 0 Å². The number of carboxylic acids is 1.